The Morgan fingerprint density at radius 2 is 2.03 bits per heavy atom. The highest BCUT2D eigenvalue weighted by molar-refractivity contribution is 6.11. The van der Waals surface area contributed by atoms with E-state index in [0.717, 1.165) is 0 Å². The van der Waals surface area contributed by atoms with Gasteiger partial charge in [-0.05, 0) is 18.2 Å². The molecule has 4 heterocycles. The molecule has 0 radical (unpaired) electrons. The van der Waals surface area contributed by atoms with E-state index in [1.165, 1.54) is 32.6 Å². The van der Waals surface area contributed by atoms with Crippen molar-refractivity contribution in [3.05, 3.63) is 60.1 Å². The highest BCUT2D eigenvalue weighted by Crippen LogP contribution is 2.20. The minimum Gasteiger partial charge on any atom is -0.345 e. The van der Waals surface area contributed by atoms with Crippen molar-refractivity contribution in [2.24, 2.45) is 7.05 Å². The van der Waals surface area contributed by atoms with Gasteiger partial charge in [-0.2, -0.15) is 9.49 Å². The van der Waals surface area contributed by atoms with Gasteiger partial charge in [-0.1, -0.05) is 0 Å². The van der Waals surface area contributed by atoms with E-state index >= 15 is 0 Å². The lowest BCUT2D eigenvalue weighted by Gasteiger charge is -2.11. The molecule has 4 aromatic rings. The number of aryl methyl sites for hydroxylation is 1. The molecule has 152 valence electrons. The molecule has 0 saturated carbocycles. The van der Waals surface area contributed by atoms with Crippen LogP contribution in [0.15, 0.2) is 42.9 Å². The Labute approximate surface area is 170 Å². The maximum atomic E-state index is 13.9. The van der Waals surface area contributed by atoms with Gasteiger partial charge in [0.25, 0.3) is 11.8 Å². The molecule has 0 atom stereocenters. The van der Waals surface area contributed by atoms with E-state index in [0.29, 0.717) is 11.3 Å². The number of hydrogen-bond donors (Lipinski definition) is 1. The third kappa shape index (κ3) is 3.36. The Balaban J connectivity index is 1.64. The monoisotopic (exact) mass is 408 g/mol. The Morgan fingerprint density at radius 3 is 2.77 bits per heavy atom. The third-order valence-corrected chi connectivity index (χ3v) is 4.39. The van der Waals surface area contributed by atoms with Crippen LogP contribution in [-0.2, 0) is 7.05 Å². The number of hydrogen-bond acceptors (Lipinski definition) is 6. The predicted octanol–water partition coefficient (Wildman–Crippen LogP) is 1.62. The normalized spacial score (nSPS) is 10.9. The summed E-state index contributed by atoms with van der Waals surface area (Å²) in [6, 6.07) is 6.33. The SMILES string of the molecule is CN(C)C(=O)c1cnn(C)c1C(=O)Nc1ccn2nc(-c3cccnc3F)nc2c1. The zero-order chi connectivity index (χ0) is 21.4. The van der Waals surface area contributed by atoms with Crippen molar-refractivity contribution in [3.63, 3.8) is 0 Å². The fraction of sp³-hybridized carbons (Fsp3) is 0.158. The van der Waals surface area contributed by atoms with Crippen LogP contribution in [0.4, 0.5) is 10.1 Å². The largest absolute Gasteiger partial charge is 0.345 e. The quantitative estimate of drug-likeness (QED) is 0.514. The minimum atomic E-state index is -0.670. The van der Waals surface area contributed by atoms with Gasteiger partial charge in [-0.15, -0.1) is 5.10 Å². The number of nitrogens with one attached hydrogen (secondary N) is 1. The summed E-state index contributed by atoms with van der Waals surface area (Å²) < 4.78 is 16.7. The molecule has 0 aliphatic heterocycles. The van der Waals surface area contributed by atoms with Crippen LogP contribution in [0.3, 0.4) is 0 Å². The summed E-state index contributed by atoms with van der Waals surface area (Å²) in [5, 5.41) is 11.0. The Morgan fingerprint density at radius 1 is 1.23 bits per heavy atom. The zero-order valence-corrected chi connectivity index (χ0v) is 16.4. The molecule has 0 saturated heterocycles. The van der Waals surface area contributed by atoms with Crippen molar-refractivity contribution in [3.8, 4) is 11.4 Å². The second-order valence-corrected chi connectivity index (χ2v) is 6.68. The molecule has 0 spiro atoms. The highest BCUT2D eigenvalue weighted by atomic mass is 19.1. The Hall–Kier alpha value is -4.15. The smallest absolute Gasteiger partial charge is 0.274 e. The number of rotatable bonds is 4. The van der Waals surface area contributed by atoms with Crippen LogP contribution in [0.2, 0.25) is 0 Å². The summed E-state index contributed by atoms with van der Waals surface area (Å²) in [7, 11) is 4.77. The van der Waals surface area contributed by atoms with Crippen molar-refractivity contribution < 1.29 is 14.0 Å². The molecule has 0 aromatic carbocycles. The molecule has 4 rings (SSSR count). The summed E-state index contributed by atoms with van der Waals surface area (Å²) in [5.74, 6) is -1.32. The first kappa shape index (κ1) is 19.2. The zero-order valence-electron chi connectivity index (χ0n) is 16.4. The van der Waals surface area contributed by atoms with E-state index in [2.05, 4.69) is 25.5 Å². The lowest BCUT2D eigenvalue weighted by molar-refractivity contribution is 0.0821. The standard InChI is InChI=1S/C19H17FN8O2/c1-26(2)19(30)13-10-22-27(3)15(13)18(29)23-11-6-8-28-14(9-11)24-17(25-28)12-5-4-7-21-16(12)20/h4-10H,1-3H3,(H,23,29). The van der Waals surface area contributed by atoms with Crippen LogP contribution >= 0.6 is 0 Å². The molecule has 0 unspecified atom stereocenters. The molecule has 0 fully saturated rings. The number of carbonyl (C=O) groups excluding carboxylic acids is 2. The minimum absolute atomic E-state index is 0.133. The van der Waals surface area contributed by atoms with E-state index in [9.17, 15) is 14.0 Å². The van der Waals surface area contributed by atoms with Crippen molar-refractivity contribution >= 4 is 23.1 Å². The molecule has 4 aromatic heterocycles. The van der Waals surface area contributed by atoms with Crippen LogP contribution in [0.5, 0.6) is 0 Å². The lowest BCUT2D eigenvalue weighted by Crippen LogP contribution is -2.26. The Kier molecular flexibility index (Phi) is 4.70. The molecular formula is C19H17FN8O2. The maximum absolute atomic E-state index is 13.9. The fourth-order valence-corrected chi connectivity index (χ4v) is 2.92. The van der Waals surface area contributed by atoms with Crippen molar-refractivity contribution in [2.75, 3.05) is 19.4 Å². The molecule has 0 bridgehead atoms. The Bertz CT molecular complexity index is 1280. The van der Waals surface area contributed by atoms with Gasteiger partial charge < -0.3 is 10.2 Å². The van der Waals surface area contributed by atoms with E-state index in [-0.39, 0.29) is 28.6 Å². The highest BCUT2D eigenvalue weighted by Gasteiger charge is 2.23. The second kappa shape index (κ2) is 7.35. The number of carbonyl (C=O) groups is 2. The first-order chi connectivity index (χ1) is 14.3. The average Bonchev–Trinajstić information content (AvgIpc) is 3.30. The van der Waals surface area contributed by atoms with Crippen LogP contribution in [0.25, 0.3) is 17.0 Å². The second-order valence-electron chi connectivity index (χ2n) is 6.68. The molecule has 1 N–H and O–H groups in total. The molecule has 0 aliphatic carbocycles. The van der Waals surface area contributed by atoms with Gasteiger partial charge in [-0.3, -0.25) is 14.3 Å². The van der Waals surface area contributed by atoms with Gasteiger partial charge in [0.2, 0.25) is 5.95 Å². The topological polar surface area (TPSA) is 110 Å². The summed E-state index contributed by atoms with van der Waals surface area (Å²) in [4.78, 5) is 34.4. The van der Waals surface area contributed by atoms with Gasteiger partial charge in [0, 0.05) is 45.3 Å². The molecule has 10 nitrogen and oxygen atoms in total. The molecular weight excluding hydrogens is 391 g/mol. The van der Waals surface area contributed by atoms with Crippen LogP contribution < -0.4 is 5.32 Å². The summed E-state index contributed by atoms with van der Waals surface area (Å²) >= 11 is 0. The summed E-state index contributed by atoms with van der Waals surface area (Å²) in [6.45, 7) is 0. The van der Waals surface area contributed by atoms with Crippen molar-refractivity contribution in [1.29, 1.82) is 0 Å². The number of aromatic nitrogens is 6. The molecule has 2 amide bonds. The van der Waals surface area contributed by atoms with Crippen LogP contribution in [0.1, 0.15) is 20.8 Å². The van der Waals surface area contributed by atoms with Gasteiger partial charge in [0.05, 0.1) is 17.3 Å². The molecule has 11 heteroatoms. The first-order valence-corrected chi connectivity index (χ1v) is 8.87. The number of fused-ring (bicyclic) bond motifs is 1. The maximum Gasteiger partial charge on any atom is 0.274 e. The number of pyridine rings is 2. The van der Waals surface area contributed by atoms with Gasteiger partial charge in [-0.25, -0.2) is 14.5 Å². The predicted molar refractivity (Wildman–Crippen MR) is 105 cm³/mol. The number of halogens is 1. The fourth-order valence-electron chi connectivity index (χ4n) is 2.92. The van der Waals surface area contributed by atoms with E-state index < -0.39 is 11.9 Å². The van der Waals surface area contributed by atoms with Crippen LogP contribution in [0, 0.1) is 5.95 Å². The number of anilines is 1. The van der Waals surface area contributed by atoms with Gasteiger partial charge >= 0.3 is 0 Å². The van der Waals surface area contributed by atoms with Crippen molar-refractivity contribution in [1.82, 2.24) is 34.3 Å². The lowest BCUT2D eigenvalue weighted by atomic mass is 10.2. The first-order valence-electron chi connectivity index (χ1n) is 8.87. The molecule has 30 heavy (non-hydrogen) atoms. The number of amides is 2. The van der Waals surface area contributed by atoms with E-state index in [1.807, 2.05) is 0 Å². The third-order valence-electron chi connectivity index (χ3n) is 4.39. The van der Waals surface area contributed by atoms with Gasteiger partial charge in [0.1, 0.15) is 5.69 Å². The van der Waals surface area contributed by atoms with E-state index in [1.54, 1.807) is 45.5 Å². The van der Waals surface area contributed by atoms with Crippen molar-refractivity contribution in [2.45, 2.75) is 0 Å². The van der Waals surface area contributed by atoms with E-state index in [4.69, 9.17) is 0 Å². The molecule has 0 aliphatic rings. The summed E-state index contributed by atoms with van der Waals surface area (Å²) in [5.41, 5.74) is 1.34. The summed E-state index contributed by atoms with van der Waals surface area (Å²) in [6.07, 6.45) is 4.29. The number of nitrogens with zero attached hydrogens (tertiary/aromatic N) is 7. The van der Waals surface area contributed by atoms with Crippen LogP contribution in [-0.4, -0.2) is 60.2 Å². The average molecular weight is 408 g/mol. The van der Waals surface area contributed by atoms with Gasteiger partial charge in [0.15, 0.2) is 11.5 Å².